The van der Waals surface area contributed by atoms with Gasteiger partial charge in [-0.05, 0) is 36.8 Å². The van der Waals surface area contributed by atoms with Crippen molar-refractivity contribution in [2.75, 3.05) is 45.6 Å². The van der Waals surface area contributed by atoms with E-state index in [1.54, 1.807) is 41.3 Å². The minimum absolute atomic E-state index is 0.0797. The van der Waals surface area contributed by atoms with Crippen LogP contribution in [0.1, 0.15) is 28.8 Å². The average Bonchev–Trinajstić information content (AvgIpc) is 2.78. The predicted octanol–water partition coefficient (Wildman–Crippen LogP) is 1.58. The molecular formula is C23H32N3O4S+. The Hall–Kier alpha value is -2.58. The quantitative estimate of drug-likeness (QED) is 0.731. The first-order valence-electron chi connectivity index (χ1n) is 10.5. The normalized spacial score (nSPS) is 19.0. The third kappa shape index (κ3) is 4.70. The van der Waals surface area contributed by atoms with Gasteiger partial charge in [-0.3, -0.25) is 9.10 Å². The minimum Gasteiger partial charge on any atom is -0.495 e. The molecular weight excluding hydrogens is 414 g/mol. The lowest BCUT2D eigenvalue weighted by Gasteiger charge is -2.33. The first-order valence-corrected chi connectivity index (χ1v) is 11.9. The van der Waals surface area contributed by atoms with Gasteiger partial charge in [0.25, 0.3) is 15.9 Å². The number of para-hydroxylation sites is 2. The number of piperidine rings is 1. The third-order valence-corrected chi connectivity index (χ3v) is 7.97. The molecule has 168 valence electrons. The zero-order valence-corrected chi connectivity index (χ0v) is 19.7. The summed E-state index contributed by atoms with van der Waals surface area (Å²) in [6.07, 6.45) is 1.89. The molecule has 2 aromatic carbocycles. The summed E-state index contributed by atoms with van der Waals surface area (Å²) in [4.78, 5) is 16.6. The highest BCUT2D eigenvalue weighted by molar-refractivity contribution is 7.92. The molecule has 0 bridgehead atoms. The van der Waals surface area contributed by atoms with Gasteiger partial charge in [0, 0.05) is 38.5 Å². The predicted molar refractivity (Wildman–Crippen MR) is 121 cm³/mol. The highest BCUT2D eigenvalue weighted by Gasteiger charge is 2.29. The van der Waals surface area contributed by atoms with Crippen molar-refractivity contribution in [1.29, 1.82) is 0 Å². The Morgan fingerprint density at radius 1 is 1.10 bits per heavy atom. The Kier molecular flexibility index (Phi) is 6.91. The van der Waals surface area contributed by atoms with Crippen molar-refractivity contribution >= 4 is 21.6 Å². The van der Waals surface area contributed by atoms with Crippen molar-refractivity contribution < 1.29 is 22.8 Å². The summed E-state index contributed by atoms with van der Waals surface area (Å²) < 4.78 is 33.2. The summed E-state index contributed by atoms with van der Waals surface area (Å²) >= 11 is 0. The fourth-order valence-electron chi connectivity index (χ4n) is 4.01. The van der Waals surface area contributed by atoms with Crippen LogP contribution in [0.15, 0.2) is 47.4 Å². The van der Waals surface area contributed by atoms with Crippen LogP contribution < -0.4 is 13.9 Å². The Morgan fingerprint density at radius 3 is 2.39 bits per heavy atom. The van der Waals surface area contributed by atoms with Gasteiger partial charge in [-0.15, -0.1) is 0 Å². The number of ether oxygens (including phenoxy) is 1. The van der Waals surface area contributed by atoms with Crippen molar-refractivity contribution in [3.63, 3.8) is 0 Å². The van der Waals surface area contributed by atoms with Crippen LogP contribution >= 0.6 is 0 Å². The van der Waals surface area contributed by atoms with Crippen molar-refractivity contribution in [1.82, 2.24) is 4.90 Å². The monoisotopic (exact) mass is 446 g/mol. The van der Waals surface area contributed by atoms with E-state index < -0.39 is 10.0 Å². The highest BCUT2D eigenvalue weighted by atomic mass is 32.2. The standard InChI is InChI=1S/C23H31N3O4S/c1-17-10-11-19(31(28,29)26(4)21-8-6-7-9-22(21)30-5)16-20(17)23(27)25(3)18-12-14-24(2)15-13-18/h6-11,16,18H,12-15H2,1-5H3/p+1. The van der Waals surface area contributed by atoms with Crippen molar-refractivity contribution in [3.05, 3.63) is 53.6 Å². The summed E-state index contributed by atoms with van der Waals surface area (Å²) in [7, 11) is 3.09. The largest absolute Gasteiger partial charge is 0.495 e. The number of aryl methyl sites for hydroxylation is 1. The number of carbonyl (C=O) groups is 1. The molecule has 7 nitrogen and oxygen atoms in total. The number of benzene rings is 2. The molecule has 31 heavy (non-hydrogen) atoms. The highest BCUT2D eigenvalue weighted by Crippen LogP contribution is 2.31. The van der Waals surface area contributed by atoms with Crippen LogP contribution in [0.25, 0.3) is 0 Å². The van der Waals surface area contributed by atoms with Gasteiger partial charge in [0.2, 0.25) is 0 Å². The van der Waals surface area contributed by atoms with Gasteiger partial charge in [-0.1, -0.05) is 18.2 Å². The maximum Gasteiger partial charge on any atom is 0.264 e. The Morgan fingerprint density at radius 2 is 1.74 bits per heavy atom. The SMILES string of the molecule is COc1ccccc1N(C)S(=O)(=O)c1ccc(C)c(C(=O)N(C)C2CC[NH+](C)CC2)c1. The number of carbonyl (C=O) groups excluding carboxylic acids is 1. The van der Waals surface area contributed by atoms with Gasteiger partial charge in [0.15, 0.2) is 0 Å². The molecule has 1 N–H and O–H groups in total. The molecule has 0 saturated carbocycles. The van der Waals surface area contributed by atoms with Crippen molar-refractivity contribution in [2.24, 2.45) is 0 Å². The molecule has 0 aliphatic carbocycles. The summed E-state index contributed by atoms with van der Waals surface area (Å²) in [6, 6.07) is 11.9. The number of likely N-dealkylation sites (tertiary alicyclic amines) is 1. The molecule has 2 aromatic rings. The summed E-state index contributed by atoms with van der Waals surface area (Å²) in [6.45, 7) is 3.89. The maximum atomic E-state index is 13.3. The van der Waals surface area contributed by atoms with E-state index in [4.69, 9.17) is 4.74 Å². The molecule has 0 radical (unpaired) electrons. The number of amides is 1. The van der Waals surface area contributed by atoms with Gasteiger partial charge < -0.3 is 14.5 Å². The van der Waals surface area contributed by atoms with E-state index in [2.05, 4.69) is 7.05 Å². The molecule has 0 atom stereocenters. The zero-order valence-electron chi connectivity index (χ0n) is 18.9. The second-order valence-electron chi connectivity index (χ2n) is 8.23. The van der Waals surface area contributed by atoms with Gasteiger partial charge in [-0.25, -0.2) is 8.42 Å². The van der Waals surface area contributed by atoms with E-state index in [1.165, 1.54) is 29.4 Å². The van der Waals surface area contributed by atoms with E-state index in [0.29, 0.717) is 17.0 Å². The molecule has 1 heterocycles. The summed E-state index contributed by atoms with van der Waals surface area (Å²) in [5.41, 5.74) is 1.61. The maximum absolute atomic E-state index is 13.3. The fraction of sp³-hybridized carbons (Fsp3) is 0.435. The van der Waals surface area contributed by atoms with Crippen LogP contribution in [-0.2, 0) is 10.0 Å². The lowest BCUT2D eigenvalue weighted by molar-refractivity contribution is -0.885. The molecule has 1 fully saturated rings. The lowest BCUT2D eigenvalue weighted by atomic mass is 10.0. The Labute approximate surface area is 185 Å². The van der Waals surface area contributed by atoms with Gasteiger partial charge >= 0.3 is 0 Å². The number of nitrogens with one attached hydrogen (secondary N) is 1. The van der Waals surface area contributed by atoms with E-state index >= 15 is 0 Å². The molecule has 1 saturated heterocycles. The first-order chi connectivity index (χ1) is 14.7. The number of rotatable bonds is 6. The molecule has 1 aliphatic rings. The van der Waals surface area contributed by atoms with Gasteiger partial charge in [0.1, 0.15) is 5.75 Å². The minimum atomic E-state index is -3.88. The number of sulfonamides is 1. The van der Waals surface area contributed by atoms with E-state index in [0.717, 1.165) is 31.5 Å². The molecule has 0 spiro atoms. The number of anilines is 1. The molecule has 8 heteroatoms. The Balaban J connectivity index is 1.91. The number of nitrogens with zero attached hydrogens (tertiary/aromatic N) is 2. The van der Waals surface area contributed by atoms with E-state index in [-0.39, 0.29) is 16.8 Å². The van der Waals surface area contributed by atoms with Gasteiger partial charge in [-0.2, -0.15) is 0 Å². The fourth-order valence-corrected chi connectivity index (χ4v) is 5.24. The molecule has 1 amide bonds. The molecule has 3 rings (SSSR count). The molecule has 0 unspecified atom stereocenters. The third-order valence-electron chi connectivity index (χ3n) is 6.20. The van der Waals surface area contributed by atoms with Crippen LogP contribution in [-0.4, -0.2) is 66.6 Å². The second-order valence-corrected chi connectivity index (χ2v) is 10.2. The number of quaternary nitrogens is 1. The zero-order chi connectivity index (χ0) is 22.8. The van der Waals surface area contributed by atoms with E-state index in [1.807, 2.05) is 14.0 Å². The summed E-state index contributed by atoms with van der Waals surface area (Å²) in [5.74, 6) is 0.320. The van der Waals surface area contributed by atoms with Crippen LogP contribution in [0, 0.1) is 6.92 Å². The first kappa shape index (κ1) is 23.1. The van der Waals surface area contributed by atoms with Gasteiger partial charge in [0.05, 0.1) is 37.8 Å². The summed E-state index contributed by atoms with van der Waals surface area (Å²) in [5, 5.41) is 0. The smallest absolute Gasteiger partial charge is 0.264 e. The van der Waals surface area contributed by atoms with Crippen LogP contribution in [0.5, 0.6) is 5.75 Å². The lowest BCUT2D eigenvalue weighted by Crippen LogP contribution is -3.10. The second kappa shape index (κ2) is 9.28. The van der Waals surface area contributed by atoms with E-state index in [9.17, 15) is 13.2 Å². The topological polar surface area (TPSA) is 71.4 Å². The molecule has 0 aromatic heterocycles. The van der Waals surface area contributed by atoms with Crippen LogP contribution in [0.4, 0.5) is 5.69 Å². The average molecular weight is 447 g/mol. The van der Waals surface area contributed by atoms with Crippen LogP contribution in [0.3, 0.4) is 0 Å². The number of hydrogen-bond donors (Lipinski definition) is 1. The number of methoxy groups -OCH3 is 1. The number of hydrogen-bond acceptors (Lipinski definition) is 4. The van der Waals surface area contributed by atoms with Crippen LogP contribution in [0.2, 0.25) is 0 Å². The van der Waals surface area contributed by atoms with Crippen molar-refractivity contribution in [3.8, 4) is 5.75 Å². The van der Waals surface area contributed by atoms with Crippen molar-refractivity contribution in [2.45, 2.75) is 30.7 Å². The molecule has 1 aliphatic heterocycles. The Bertz CT molecular complexity index is 1050.